The summed E-state index contributed by atoms with van der Waals surface area (Å²) in [4.78, 5) is 0. The average molecular weight is 252 g/mol. The molecule has 0 aromatic heterocycles. The van der Waals surface area contributed by atoms with Gasteiger partial charge < -0.3 is 9.84 Å². The summed E-state index contributed by atoms with van der Waals surface area (Å²) in [5.41, 5.74) is 0.348. The van der Waals surface area contributed by atoms with Gasteiger partial charge in [-0.15, -0.1) is 0 Å². The number of ether oxygens (including phenoxy) is 1. The minimum atomic E-state index is -0.0959. The van der Waals surface area contributed by atoms with Gasteiger partial charge in [0, 0.05) is 6.61 Å². The SMILES string of the molecule is CC1(C(O)C2CCOC3(CCCC3)C2)CCCC1. The maximum absolute atomic E-state index is 10.8. The van der Waals surface area contributed by atoms with Crippen molar-refractivity contribution in [3.63, 3.8) is 0 Å². The Labute approximate surface area is 111 Å². The second-order valence-corrected chi connectivity index (χ2v) is 7.30. The third-order valence-electron chi connectivity index (χ3n) is 5.95. The normalized spacial score (nSPS) is 36.0. The van der Waals surface area contributed by atoms with Gasteiger partial charge in [0.1, 0.15) is 0 Å². The Morgan fingerprint density at radius 2 is 1.67 bits per heavy atom. The first-order chi connectivity index (χ1) is 8.64. The quantitative estimate of drug-likeness (QED) is 0.812. The lowest BCUT2D eigenvalue weighted by Gasteiger charge is -2.44. The third-order valence-corrected chi connectivity index (χ3v) is 5.95. The van der Waals surface area contributed by atoms with Gasteiger partial charge in [0.15, 0.2) is 0 Å². The smallest absolute Gasteiger partial charge is 0.0686 e. The summed E-state index contributed by atoms with van der Waals surface area (Å²) in [5.74, 6) is 0.486. The largest absolute Gasteiger partial charge is 0.392 e. The van der Waals surface area contributed by atoms with Gasteiger partial charge in [-0.05, 0) is 49.9 Å². The molecule has 1 aliphatic heterocycles. The molecular formula is C16H28O2. The zero-order valence-corrected chi connectivity index (χ0v) is 11.8. The molecule has 1 saturated heterocycles. The molecule has 1 heterocycles. The third kappa shape index (κ3) is 2.22. The maximum atomic E-state index is 10.8. The minimum absolute atomic E-state index is 0.0959. The maximum Gasteiger partial charge on any atom is 0.0686 e. The molecule has 0 aromatic rings. The predicted octanol–water partition coefficient (Wildman–Crippen LogP) is 3.67. The van der Waals surface area contributed by atoms with E-state index in [1.807, 2.05) is 0 Å². The molecule has 2 aliphatic carbocycles. The highest BCUT2D eigenvalue weighted by Gasteiger charge is 2.46. The zero-order chi connectivity index (χ0) is 12.6. The van der Waals surface area contributed by atoms with Crippen LogP contribution in [0.15, 0.2) is 0 Å². The van der Waals surface area contributed by atoms with Crippen LogP contribution in [0.1, 0.15) is 71.1 Å². The summed E-state index contributed by atoms with van der Waals surface area (Å²) in [5, 5.41) is 10.8. The molecule has 2 heteroatoms. The van der Waals surface area contributed by atoms with Gasteiger partial charge in [-0.2, -0.15) is 0 Å². The molecular weight excluding hydrogens is 224 g/mol. The predicted molar refractivity (Wildman–Crippen MR) is 72.5 cm³/mol. The molecule has 0 amide bonds. The van der Waals surface area contributed by atoms with Crippen molar-refractivity contribution in [1.29, 1.82) is 0 Å². The number of hydrogen-bond acceptors (Lipinski definition) is 2. The highest BCUT2D eigenvalue weighted by molar-refractivity contribution is 4.97. The number of rotatable bonds is 2. The van der Waals surface area contributed by atoms with E-state index >= 15 is 0 Å². The van der Waals surface area contributed by atoms with Crippen molar-refractivity contribution in [2.45, 2.75) is 82.8 Å². The second kappa shape index (κ2) is 4.79. The van der Waals surface area contributed by atoms with Crippen LogP contribution in [0.25, 0.3) is 0 Å². The Bertz CT molecular complexity index is 277. The van der Waals surface area contributed by atoms with E-state index in [9.17, 15) is 5.11 Å². The first kappa shape index (κ1) is 12.9. The van der Waals surface area contributed by atoms with Gasteiger partial charge in [-0.3, -0.25) is 0 Å². The Kier molecular flexibility index (Phi) is 3.44. The fourth-order valence-corrected chi connectivity index (χ4v) is 4.75. The van der Waals surface area contributed by atoms with Crippen molar-refractivity contribution < 1.29 is 9.84 Å². The van der Waals surface area contributed by atoms with E-state index in [0.29, 0.717) is 5.92 Å². The van der Waals surface area contributed by atoms with Crippen LogP contribution < -0.4 is 0 Å². The molecule has 0 bridgehead atoms. The monoisotopic (exact) mass is 252 g/mol. The molecule has 0 radical (unpaired) electrons. The van der Waals surface area contributed by atoms with Crippen LogP contribution in [0.3, 0.4) is 0 Å². The summed E-state index contributed by atoms with van der Waals surface area (Å²) < 4.78 is 6.09. The van der Waals surface area contributed by atoms with Gasteiger partial charge >= 0.3 is 0 Å². The van der Waals surface area contributed by atoms with Crippen LogP contribution in [0.4, 0.5) is 0 Å². The van der Waals surface area contributed by atoms with Gasteiger partial charge in [0.25, 0.3) is 0 Å². The van der Waals surface area contributed by atoms with Gasteiger partial charge in [0.2, 0.25) is 0 Å². The molecule has 1 N–H and O–H groups in total. The molecule has 18 heavy (non-hydrogen) atoms. The van der Waals surface area contributed by atoms with Crippen LogP contribution in [0, 0.1) is 11.3 Å². The molecule has 3 rings (SSSR count). The van der Waals surface area contributed by atoms with Gasteiger partial charge in [-0.25, -0.2) is 0 Å². The molecule has 3 aliphatic rings. The van der Waals surface area contributed by atoms with Crippen molar-refractivity contribution in [3.8, 4) is 0 Å². The van der Waals surface area contributed by atoms with Crippen molar-refractivity contribution >= 4 is 0 Å². The summed E-state index contributed by atoms with van der Waals surface area (Å²) in [6, 6.07) is 0. The first-order valence-corrected chi connectivity index (χ1v) is 7.96. The lowest BCUT2D eigenvalue weighted by atomic mass is 9.71. The Morgan fingerprint density at radius 3 is 2.33 bits per heavy atom. The van der Waals surface area contributed by atoms with Crippen molar-refractivity contribution in [3.05, 3.63) is 0 Å². The van der Waals surface area contributed by atoms with E-state index in [4.69, 9.17) is 4.74 Å². The molecule has 0 aromatic carbocycles. The first-order valence-electron chi connectivity index (χ1n) is 7.96. The number of hydrogen-bond donors (Lipinski definition) is 1. The van der Waals surface area contributed by atoms with Crippen LogP contribution in [-0.4, -0.2) is 23.4 Å². The van der Waals surface area contributed by atoms with Crippen LogP contribution in [-0.2, 0) is 4.74 Å². The topological polar surface area (TPSA) is 29.5 Å². The fraction of sp³-hybridized carbons (Fsp3) is 1.00. The number of aliphatic hydroxyl groups excluding tert-OH is 1. The second-order valence-electron chi connectivity index (χ2n) is 7.30. The van der Waals surface area contributed by atoms with Crippen molar-refractivity contribution in [2.75, 3.05) is 6.61 Å². The van der Waals surface area contributed by atoms with Crippen LogP contribution >= 0.6 is 0 Å². The molecule has 2 atom stereocenters. The molecule has 2 unspecified atom stereocenters. The molecule has 3 fully saturated rings. The summed E-state index contributed by atoms with van der Waals surface area (Å²) >= 11 is 0. The summed E-state index contributed by atoms with van der Waals surface area (Å²) in [6.45, 7) is 3.18. The van der Waals surface area contributed by atoms with E-state index in [-0.39, 0.29) is 17.1 Å². The lowest BCUT2D eigenvalue weighted by molar-refractivity contribution is -0.130. The summed E-state index contributed by atoms with van der Waals surface area (Å²) in [7, 11) is 0. The lowest BCUT2D eigenvalue weighted by Crippen LogP contribution is -2.45. The van der Waals surface area contributed by atoms with E-state index in [2.05, 4.69) is 6.92 Å². The average Bonchev–Trinajstić information content (AvgIpc) is 2.99. The Morgan fingerprint density at radius 1 is 1.06 bits per heavy atom. The highest BCUT2D eigenvalue weighted by atomic mass is 16.5. The molecule has 104 valence electrons. The molecule has 2 nitrogen and oxygen atoms in total. The van der Waals surface area contributed by atoms with Crippen LogP contribution in [0.5, 0.6) is 0 Å². The molecule has 2 saturated carbocycles. The number of aliphatic hydroxyl groups is 1. The standard InChI is InChI=1S/C16H28O2/c1-15(7-2-3-8-15)14(17)13-6-11-18-16(12-13)9-4-5-10-16/h13-14,17H,2-12H2,1H3. The molecule has 1 spiro atoms. The van der Waals surface area contributed by atoms with E-state index in [1.165, 1.54) is 51.4 Å². The minimum Gasteiger partial charge on any atom is -0.392 e. The highest BCUT2D eigenvalue weighted by Crippen LogP contribution is 2.49. The van der Waals surface area contributed by atoms with Crippen molar-refractivity contribution in [1.82, 2.24) is 0 Å². The van der Waals surface area contributed by atoms with E-state index < -0.39 is 0 Å². The Balaban J connectivity index is 1.68. The van der Waals surface area contributed by atoms with Gasteiger partial charge in [0.05, 0.1) is 11.7 Å². The fourth-order valence-electron chi connectivity index (χ4n) is 4.75. The van der Waals surface area contributed by atoms with Crippen LogP contribution in [0.2, 0.25) is 0 Å². The van der Waals surface area contributed by atoms with Crippen molar-refractivity contribution in [2.24, 2.45) is 11.3 Å². The van der Waals surface area contributed by atoms with E-state index in [0.717, 1.165) is 19.4 Å². The Hall–Kier alpha value is -0.0800. The zero-order valence-electron chi connectivity index (χ0n) is 11.8. The summed E-state index contributed by atoms with van der Waals surface area (Å²) in [6.07, 6.45) is 12.2. The van der Waals surface area contributed by atoms with Gasteiger partial charge in [-0.1, -0.05) is 32.6 Å². The van der Waals surface area contributed by atoms with E-state index in [1.54, 1.807) is 0 Å².